The highest BCUT2D eigenvalue weighted by molar-refractivity contribution is 7.92. The van der Waals surface area contributed by atoms with Gasteiger partial charge in [-0.05, 0) is 74.9 Å². The smallest absolute Gasteiger partial charge is 0.253 e. The van der Waals surface area contributed by atoms with E-state index in [1.54, 1.807) is 56.0 Å². The Morgan fingerprint density at radius 2 is 1.73 bits per heavy atom. The fraction of sp³-hybridized carbons (Fsp3) is 0.481. The van der Waals surface area contributed by atoms with Crippen LogP contribution in [0.15, 0.2) is 48.5 Å². The molecular formula is C27H32Cl2N2O5S. The molecule has 2 N–H and O–H groups in total. The van der Waals surface area contributed by atoms with Gasteiger partial charge in [0.1, 0.15) is 12.2 Å². The van der Waals surface area contributed by atoms with Gasteiger partial charge in [0.05, 0.1) is 23.0 Å². The van der Waals surface area contributed by atoms with E-state index in [-0.39, 0.29) is 18.1 Å². The number of benzene rings is 2. The van der Waals surface area contributed by atoms with E-state index < -0.39 is 50.7 Å². The molecule has 0 bridgehead atoms. The van der Waals surface area contributed by atoms with E-state index in [0.717, 1.165) is 18.4 Å². The van der Waals surface area contributed by atoms with Crippen molar-refractivity contribution in [3.63, 3.8) is 0 Å². The van der Waals surface area contributed by atoms with Crippen LogP contribution in [0.4, 0.5) is 0 Å². The summed E-state index contributed by atoms with van der Waals surface area (Å²) in [6.45, 7) is 4.98. The minimum absolute atomic E-state index is 0.0169. The molecule has 1 heterocycles. The minimum Gasteiger partial charge on any atom is -0.370 e. The summed E-state index contributed by atoms with van der Waals surface area (Å²) >= 11 is 12.5. The quantitative estimate of drug-likeness (QED) is 0.490. The van der Waals surface area contributed by atoms with Crippen LogP contribution in [-0.2, 0) is 24.2 Å². The van der Waals surface area contributed by atoms with Gasteiger partial charge in [-0.25, -0.2) is 8.42 Å². The Morgan fingerprint density at radius 3 is 2.27 bits per heavy atom. The maximum absolute atomic E-state index is 14.0. The van der Waals surface area contributed by atoms with Gasteiger partial charge in [0.25, 0.3) is 5.91 Å². The van der Waals surface area contributed by atoms with E-state index >= 15 is 0 Å². The Kier molecular flexibility index (Phi) is 7.96. The van der Waals surface area contributed by atoms with Crippen LogP contribution >= 0.6 is 23.2 Å². The van der Waals surface area contributed by atoms with Crippen molar-refractivity contribution in [3.05, 3.63) is 69.7 Å². The van der Waals surface area contributed by atoms with E-state index in [1.807, 2.05) is 18.2 Å². The normalized spacial score (nSPS) is 23.6. The van der Waals surface area contributed by atoms with Crippen molar-refractivity contribution in [2.75, 3.05) is 5.75 Å². The fourth-order valence-corrected chi connectivity index (χ4v) is 6.49. The number of carbonyl (C=O) groups excluding carboxylic acids is 2. The number of carbonyl (C=O) groups is 2. The summed E-state index contributed by atoms with van der Waals surface area (Å²) in [6.07, 6.45) is -0.567. The third kappa shape index (κ3) is 6.14. The van der Waals surface area contributed by atoms with Gasteiger partial charge in [-0.2, -0.15) is 0 Å². The van der Waals surface area contributed by atoms with Crippen molar-refractivity contribution in [2.24, 2.45) is 11.7 Å². The van der Waals surface area contributed by atoms with Gasteiger partial charge >= 0.3 is 0 Å². The van der Waals surface area contributed by atoms with Gasteiger partial charge in [0, 0.05) is 16.1 Å². The summed E-state index contributed by atoms with van der Waals surface area (Å²) in [5.41, 5.74) is 6.92. The van der Waals surface area contributed by atoms with Crippen molar-refractivity contribution in [1.82, 2.24) is 4.90 Å². The van der Waals surface area contributed by atoms with Crippen LogP contribution in [0.3, 0.4) is 0 Å². The van der Waals surface area contributed by atoms with E-state index in [1.165, 1.54) is 0 Å². The average molecular weight is 568 g/mol. The van der Waals surface area contributed by atoms with Crippen LogP contribution in [-0.4, -0.2) is 47.8 Å². The zero-order valence-corrected chi connectivity index (χ0v) is 23.4. The number of morpholine rings is 1. The number of rotatable bonds is 8. The van der Waals surface area contributed by atoms with Crippen molar-refractivity contribution in [3.8, 4) is 0 Å². The molecule has 7 nitrogen and oxygen atoms in total. The molecule has 2 fully saturated rings. The molecule has 2 aromatic rings. The van der Waals surface area contributed by atoms with E-state index in [9.17, 15) is 18.0 Å². The SMILES string of the molecule is CC(C)(C)S(=O)(=O)C[C@H](C1CC1)N1C(=O)[C@H](CC(N)=O)O[C@H](c2cccc(Cl)c2)C1c1ccc(Cl)cc1. The Labute approximate surface area is 228 Å². The Bertz CT molecular complexity index is 1270. The van der Waals surface area contributed by atoms with Crippen molar-refractivity contribution in [2.45, 2.75) is 69.1 Å². The number of sulfone groups is 1. The molecule has 200 valence electrons. The van der Waals surface area contributed by atoms with Crippen LogP contribution in [0.25, 0.3) is 0 Å². The maximum Gasteiger partial charge on any atom is 0.253 e. The highest BCUT2D eigenvalue weighted by Gasteiger charge is 2.52. The number of nitrogens with two attached hydrogens (primary N) is 1. The second-order valence-electron chi connectivity index (χ2n) is 10.8. The lowest BCUT2D eigenvalue weighted by molar-refractivity contribution is -0.181. The molecule has 2 aliphatic rings. The number of halogens is 2. The fourth-order valence-electron chi connectivity index (χ4n) is 4.79. The zero-order chi connectivity index (χ0) is 27.1. The monoisotopic (exact) mass is 566 g/mol. The van der Waals surface area contributed by atoms with Crippen LogP contribution in [0.5, 0.6) is 0 Å². The summed E-state index contributed by atoms with van der Waals surface area (Å²) in [5.74, 6) is -1.30. The first kappa shape index (κ1) is 27.9. The summed E-state index contributed by atoms with van der Waals surface area (Å²) in [5, 5.41) is 1.01. The lowest BCUT2D eigenvalue weighted by Crippen LogP contribution is -2.58. The minimum atomic E-state index is -3.58. The van der Waals surface area contributed by atoms with Crippen molar-refractivity contribution < 1.29 is 22.7 Å². The second kappa shape index (κ2) is 10.6. The highest BCUT2D eigenvalue weighted by Crippen LogP contribution is 2.48. The Balaban J connectivity index is 1.89. The Hall–Kier alpha value is -2.13. The molecule has 1 aliphatic carbocycles. The predicted octanol–water partition coefficient (Wildman–Crippen LogP) is 4.87. The molecule has 1 saturated heterocycles. The topological polar surface area (TPSA) is 107 Å². The predicted molar refractivity (Wildman–Crippen MR) is 144 cm³/mol. The summed E-state index contributed by atoms with van der Waals surface area (Å²) < 4.78 is 32.1. The maximum atomic E-state index is 14.0. The lowest BCUT2D eigenvalue weighted by atomic mass is 9.89. The largest absolute Gasteiger partial charge is 0.370 e. The van der Waals surface area contributed by atoms with Crippen LogP contribution in [0.1, 0.15) is 63.3 Å². The molecule has 0 aromatic heterocycles. The van der Waals surface area contributed by atoms with E-state index in [0.29, 0.717) is 15.6 Å². The summed E-state index contributed by atoms with van der Waals surface area (Å²) in [4.78, 5) is 27.6. The van der Waals surface area contributed by atoms with Gasteiger partial charge in [0.2, 0.25) is 5.91 Å². The molecular weight excluding hydrogens is 535 g/mol. The number of nitrogens with zero attached hydrogens (tertiary/aromatic N) is 1. The van der Waals surface area contributed by atoms with Crippen LogP contribution in [0.2, 0.25) is 10.0 Å². The van der Waals surface area contributed by atoms with Gasteiger partial charge in [-0.3, -0.25) is 9.59 Å². The Morgan fingerprint density at radius 1 is 1.08 bits per heavy atom. The van der Waals surface area contributed by atoms with E-state index in [4.69, 9.17) is 33.7 Å². The number of amides is 2. The number of primary amides is 1. The summed E-state index contributed by atoms with van der Waals surface area (Å²) in [7, 11) is -3.58. The molecule has 4 atom stereocenters. The third-order valence-electron chi connectivity index (χ3n) is 7.05. The number of ether oxygens (including phenoxy) is 1. The molecule has 2 amide bonds. The number of hydrogen-bond acceptors (Lipinski definition) is 5. The average Bonchev–Trinajstić information content (AvgIpc) is 3.64. The molecule has 10 heteroatoms. The first-order valence-corrected chi connectivity index (χ1v) is 14.7. The molecule has 4 rings (SSSR count). The number of hydrogen-bond donors (Lipinski definition) is 1. The zero-order valence-electron chi connectivity index (χ0n) is 21.1. The van der Waals surface area contributed by atoms with Gasteiger partial charge < -0.3 is 15.4 Å². The van der Waals surface area contributed by atoms with Crippen molar-refractivity contribution >= 4 is 44.9 Å². The first-order chi connectivity index (χ1) is 17.3. The molecule has 1 unspecified atom stereocenters. The molecule has 1 aliphatic heterocycles. The van der Waals surface area contributed by atoms with Gasteiger partial charge in [-0.1, -0.05) is 47.5 Å². The standard InChI is InChI=1S/C27H32Cl2N2O5S/c1-27(2,3)37(34,35)15-21(16-7-8-16)31-24(17-9-11-19(28)12-10-17)25(18-5-4-6-20(29)13-18)36-22(26(31)33)14-23(30)32/h4-6,9-13,16,21-22,24-25H,7-8,14-15H2,1-3H3,(H2,30,32)/t21-,22+,24?,25-/m1/s1. The highest BCUT2D eigenvalue weighted by atomic mass is 35.5. The lowest BCUT2D eigenvalue weighted by Gasteiger charge is -2.48. The third-order valence-corrected chi connectivity index (χ3v) is 10.2. The first-order valence-electron chi connectivity index (χ1n) is 12.3. The molecule has 2 aromatic carbocycles. The second-order valence-corrected chi connectivity index (χ2v) is 14.5. The van der Waals surface area contributed by atoms with E-state index in [2.05, 4.69) is 0 Å². The van der Waals surface area contributed by atoms with Crippen LogP contribution < -0.4 is 5.73 Å². The molecule has 1 saturated carbocycles. The summed E-state index contributed by atoms with van der Waals surface area (Å²) in [6, 6.07) is 12.9. The van der Waals surface area contributed by atoms with Gasteiger partial charge in [0.15, 0.2) is 9.84 Å². The van der Waals surface area contributed by atoms with Crippen LogP contribution in [0, 0.1) is 5.92 Å². The van der Waals surface area contributed by atoms with Gasteiger partial charge in [-0.15, -0.1) is 0 Å². The molecule has 0 spiro atoms. The molecule has 37 heavy (non-hydrogen) atoms. The van der Waals surface area contributed by atoms with Crippen molar-refractivity contribution in [1.29, 1.82) is 0 Å². The molecule has 0 radical (unpaired) electrons.